The van der Waals surface area contributed by atoms with E-state index in [0.29, 0.717) is 17.3 Å². The number of hydrogen-bond donors (Lipinski definition) is 1. The fourth-order valence-corrected chi connectivity index (χ4v) is 4.80. The molecule has 1 aliphatic rings. The van der Waals surface area contributed by atoms with Crippen molar-refractivity contribution >= 4 is 34.1 Å². The zero-order valence-corrected chi connectivity index (χ0v) is 20.6. The highest BCUT2D eigenvalue weighted by Gasteiger charge is 2.23. The summed E-state index contributed by atoms with van der Waals surface area (Å²) in [6.45, 7) is 7.46. The minimum Gasteiger partial charge on any atom is -0.436 e. The first-order chi connectivity index (χ1) is 17.3. The van der Waals surface area contributed by atoms with Crippen LogP contribution >= 0.6 is 0 Å². The number of nitro benzene ring substituents is 1. The second kappa shape index (κ2) is 9.45. The van der Waals surface area contributed by atoms with Crippen LogP contribution in [0.3, 0.4) is 0 Å². The van der Waals surface area contributed by atoms with Crippen LogP contribution in [0.1, 0.15) is 46.3 Å². The molecule has 0 bridgehead atoms. The Kier molecular flexibility index (Phi) is 6.18. The number of rotatable bonds is 5. The molecule has 5 rings (SSSR count). The highest BCUT2D eigenvalue weighted by molar-refractivity contribution is 6.05. The van der Waals surface area contributed by atoms with Crippen molar-refractivity contribution in [2.24, 2.45) is 0 Å². The van der Waals surface area contributed by atoms with Crippen molar-refractivity contribution in [2.75, 3.05) is 23.3 Å². The van der Waals surface area contributed by atoms with Crippen LogP contribution in [-0.4, -0.2) is 28.9 Å². The largest absolute Gasteiger partial charge is 0.436 e. The molecule has 4 aromatic rings. The Bertz CT molecular complexity index is 1480. The van der Waals surface area contributed by atoms with Crippen molar-refractivity contribution in [2.45, 2.75) is 40.0 Å². The van der Waals surface area contributed by atoms with Gasteiger partial charge in [-0.3, -0.25) is 14.9 Å². The topological polar surface area (TPSA) is 102 Å². The molecule has 3 aromatic carbocycles. The Labute approximate surface area is 209 Å². The van der Waals surface area contributed by atoms with Crippen molar-refractivity contribution in [3.05, 3.63) is 80.9 Å². The molecule has 1 amide bonds. The van der Waals surface area contributed by atoms with Gasteiger partial charge in [0.2, 0.25) is 5.89 Å². The number of nitro groups is 1. The van der Waals surface area contributed by atoms with E-state index < -0.39 is 10.8 Å². The highest BCUT2D eigenvalue weighted by atomic mass is 16.6. The predicted octanol–water partition coefficient (Wildman–Crippen LogP) is 6.57. The third-order valence-electron chi connectivity index (χ3n) is 6.68. The molecule has 36 heavy (non-hydrogen) atoms. The van der Waals surface area contributed by atoms with Crippen LogP contribution in [-0.2, 0) is 0 Å². The van der Waals surface area contributed by atoms with Gasteiger partial charge >= 0.3 is 0 Å². The quantitative estimate of drug-likeness (QED) is 0.254. The zero-order valence-electron chi connectivity index (χ0n) is 20.6. The Balaban J connectivity index is 1.43. The van der Waals surface area contributed by atoms with Crippen LogP contribution < -0.4 is 10.2 Å². The number of carbonyl (C=O) groups excluding carboxylic acids is 1. The predicted molar refractivity (Wildman–Crippen MR) is 141 cm³/mol. The number of amides is 1. The second-order valence-electron chi connectivity index (χ2n) is 9.44. The molecule has 0 radical (unpaired) electrons. The van der Waals surface area contributed by atoms with E-state index in [2.05, 4.69) is 10.3 Å². The molecule has 1 aromatic heterocycles. The maximum atomic E-state index is 13.1. The van der Waals surface area contributed by atoms with Crippen LogP contribution in [0.15, 0.2) is 52.9 Å². The Morgan fingerprint density at radius 3 is 2.53 bits per heavy atom. The minimum absolute atomic E-state index is 0.0489. The first-order valence-corrected chi connectivity index (χ1v) is 12.1. The van der Waals surface area contributed by atoms with Crippen LogP contribution in [0.25, 0.3) is 22.6 Å². The van der Waals surface area contributed by atoms with Crippen LogP contribution in [0.4, 0.5) is 17.1 Å². The summed E-state index contributed by atoms with van der Waals surface area (Å²) >= 11 is 0. The summed E-state index contributed by atoms with van der Waals surface area (Å²) in [6, 6.07) is 14.3. The lowest BCUT2D eigenvalue weighted by atomic mass is 10.1. The second-order valence-corrected chi connectivity index (χ2v) is 9.44. The molecule has 0 unspecified atom stereocenters. The SMILES string of the molecule is Cc1cc(C)c2oc(-c3ccc(C)c(NC(=O)c4ccc(N5CCCCC5)c([N+](=O)[O-])c4)c3)nc2c1. The normalized spacial score (nSPS) is 13.7. The molecule has 2 heterocycles. The fraction of sp³-hybridized carbons (Fsp3) is 0.286. The number of benzene rings is 3. The Hall–Kier alpha value is -4.20. The van der Waals surface area contributed by atoms with E-state index in [1.54, 1.807) is 12.1 Å². The average molecular weight is 485 g/mol. The standard InChI is InChI=1S/C28H28N4O4/c1-17-13-19(3)26-23(14-17)30-28(36-26)21-8-7-18(2)22(15-21)29-27(33)20-9-10-24(25(16-20)32(34)35)31-11-5-4-6-12-31/h7-10,13-16H,4-6,11-12H2,1-3H3,(H,29,33). The lowest BCUT2D eigenvalue weighted by Crippen LogP contribution is -2.30. The smallest absolute Gasteiger partial charge is 0.293 e. The number of fused-ring (bicyclic) bond motifs is 1. The maximum Gasteiger partial charge on any atom is 0.293 e. The number of aromatic nitrogens is 1. The monoisotopic (exact) mass is 484 g/mol. The van der Waals surface area contributed by atoms with E-state index in [1.807, 2.05) is 56.0 Å². The number of anilines is 2. The van der Waals surface area contributed by atoms with Gasteiger partial charge < -0.3 is 14.6 Å². The number of carbonyl (C=O) groups is 1. The van der Waals surface area contributed by atoms with Crippen molar-refractivity contribution in [3.63, 3.8) is 0 Å². The molecule has 0 spiro atoms. The van der Waals surface area contributed by atoms with Gasteiger partial charge in [0.15, 0.2) is 5.58 Å². The number of oxazole rings is 1. The molecule has 1 N–H and O–H groups in total. The van der Waals surface area contributed by atoms with E-state index in [9.17, 15) is 14.9 Å². The van der Waals surface area contributed by atoms with Crippen molar-refractivity contribution < 1.29 is 14.1 Å². The van der Waals surface area contributed by atoms with Crippen molar-refractivity contribution in [3.8, 4) is 11.5 Å². The van der Waals surface area contributed by atoms with E-state index in [-0.39, 0.29) is 11.3 Å². The van der Waals surface area contributed by atoms with Gasteiger partial charge in [-0.25, -0.2) is 4.98 Å². The number of nitrogens with zero attached hydrogens (tertiary/aromatic N) is 3. The van der Waals surface area contributed by atoms with Gasteiger partial charge in [-0.05, 0) is 87.1 Å². The first kappa shape index (κ1) is 23.5. The molecule has 184 valence electrons. The molecular weight excluding hydrogens is 456 g/mol. The van der Waals surface area contributed by atoms with Crippen LogP contribution in [0.2, 0.25) is 0 Å². The van der Waals surface area contributed by atoms with Crippen LogP contribution in [0.5, 0.6) is 0 Å². The first-order valence-electron chi connectivity index (χ1n) is 12.1. The van der Waals surface area contributed by atoms with E-state index in [1.165, 1.54) is 6.07 Å². The molecule has 1 fully saturated rings. The summed E-state index contributed by atoms with van der Waals surface area (Å²) in [6.07, 6.45) is 3.15. The summed E-state index contributed by atoms with van der Waals surface area (Å²) in [5.74, 6) is 0.0586. The fourth-order valence-electron chi connectivity index (χ4n) is 4.80. The van der Waals surface area contributed by atoms with E-state index in [4.69, 9.17) is 4.42 Å². The maximum absolute atomic E-state index is 13.1. The summed E-state index contributed by atoms with van der Waals surface area (Å²) in [5.41, 5.74) is 6.58. The van der Waals surface area contributed by atoms with E-state index in [0.717, 1.165) is 65.7 Å². The summed E-state index contributed by atoms with van der Waals surface area (Å²) in [4.78, 5) is 31.2. The van der Waals surface area contributed by atoms with Gasteiger partial charge in [-0.1, -0.05) is 12.1 Å². The lowest BCUT2D eigenvalue weighted by molar-refractivity contribution is -0.384. The van der Waals surface area contributed by atoms with Crippen molar-refractivity contribution in [1.29, 1.82) is 0 Å². The van der Waals surface area contributed by atoms with Gasteiger partial charge in [0, 0.05) is 36.0 Å². The zero-order chi connectivity index (χ0) is 25.4. The lowest BCUT2D eigenvalue weighted by Gasteiger charge is -2.28. The third kappa shape index (κ3) is 4.54. The molecule has 1 aliphatic heterocycles. The summed E-state index contributed by atoms with van der Waals surface area (Å²) in [5, 5.41) is 14.7. The summed E-state index contributed by atoms with van der Waals surface area (Å²) < 4.78 is 6.03. The molecule has 8 nitrogen and oxygen atoms in total. The minimum atomic E-state index is -0.413. The average Bonchev–Trinajstić information content (AvgIpc) is 3.30. The summed E-state index contributed by atoms with van der Waals surface area (Å²) in [7, 11) is 0. The molecule has 0 atom stereocenters. The molecule has 0 aliphatic carbocycles. The van der Waals surface area contributed by atoms with Gasteiger partial charge in [0.25, 0.3) is 11.6 Å². The molecule has 0 saturated carbocycles. The highest BCUT2D eigenvalue weighted by Crippen LogP contribution is 2.33. The van der Waals surface area contributed by atoms with Gasteiger partial charge in [0.05, 0.1) is 4.92 Å². The molecule has 8 heteroatoms. The third-order valence-corrected chi connectivity index (χ3v) is 6.68. The number of hydrogen-bond acceptors (Lipinski definition) is 6. The number of aryl methyl sites for hydroxylation is 3. The van der Waals surface area contributed by atoms with E-state index >= 15 is 0 Å². The Morgan fingerprint density at radius 1 is 1.00 bits per heavy atom. The van der Waals surface area contributed by atoms with Gasteiger partial charge in [-0.2, -0.15) is 0 Å². The van der Waals surface area contributed by atoms with Crippen LogP contribution in [0, 0.1) is 30.9 Å². The number of nitrogens with one attached hydrogen (secondary N) is 1. The van der Waals surface area contributed by atoms with Gasteiger partial charge in [0.1, 0.15) is 11.2 Å². The van der Waals surface area contributed by atoms with Gasteiger partial charge in [-0.15, -0.1) is 0 Å². The van der Waals surface area contributed by atoms with Crippen molar-refractivity contribution in [1.82, 2.24) is 4.98 Å². The molecular formula is C28H28N4O4. The Morgan fingerprint density at radius 2 is 1.78 bits per heavy atom. The number of piperidine rings is 1. The molecule has 1 saturated heterocycles.